The summed E-state index contributed by atoms with van der Waals surface area (Å²) in [5.41, 5.74) is 9.42. The molecule has 0 amide bonds. The summed E-state index contributed by atoms with van der Waals surface area (Å²) in [6.45, 7) is 7.91. The van der Waals surface area contributed by atoms with Gasteiger partial charge in [-0.3, -0.25) is 4.90 Å². The van der Waals surface area contributed by atoms with Crippen molar-refractivity contribution in [1.29, 1.82) is 0 Å². The van der Waals surface area contributed by atoms with Gasteiger partial charge in [0.2, 0.25) is 0 Å². The van der Waals surface area contributed by atoms with Gasteiger partial charge in [-0.1, -0.05) is 24.3 Å². The number of fused-ring (bicyclic) bond motifs is 1. The number of nitrogens with zero attached hydrogens (tertiary/aromatic N) is 1. The molecule has 1 heterocycles. The van der Waals surface area contributed by atoms with Crippen molar-refractivity contribution in [3.63, 3.8) is 0 Å². The minimum Gasteiger partial charge on any atom is -0.378 e. The first-order valence-electron chi connectivity index (χ1n) is 7.70. The Morgan fingerprint density at radius 1 is 1.25 bits per heavy atom. The Morgan fingerprint density at radius 2 is 2.00 bits per heavy atom. The number of morpholine rings is 1. The highest BCUT2D eigenvalue weighted by Gasteiger charge is 2.46. The highest BCUT2D eigenvalue weighted by molar-refractivity contribution is 5.33. The smallest absolute Gasteiger partial charge is 0.0645 e. The van der Waals surface area contributed by atoms with Crippen molar-refractivity contribution >= 4 is 0 Å². The molecule has 1 saturated heterocycles. The molecular weight excluding hydrogens is 248 g/mol. The molecule has 0 saturated carbocycles. The molecule has 1 unspecified atom stereocenters. The van der Waals surface area contributed by atoms with Crippen molar-refractivity contribution < 1.29 is 4.74 Å². The molecule has 3 heteroatoms. The van der Waals surface area contributed by atoms with E-state index >= 15 is 0 Å². The molecule has 0 spiro atoms. The van der Waals surface area contributed by atoms with E-state index in [2.05, 4.69) is 43.0 Å². The van der Waals surface area contributed by atoms with Crippen LogP contribution in [-0.4, -0.2) is 42.3 Å². The van der Waals surface area contributed by atoms with E-state index in [9.17, 15) is 0 Å². The van der Waals surface area contributed by atoms with E-state index in [0.29, 0.717) is 0 Å². The van der Waals surface area contributed by atoms with Crippen LogP contribution in [0.25, 0.3) is 0 Å². The molecular formula is C17H26N2O. The fourth-order valence-corrected chi connectivity index (χ4v) is 4.04. The Balaban J connectivity index is 1.93. The van der Waals surface area contributed by atoms with Gasteiger partial charge in [0.15, 0.2) is 0 Å². The summed E-state index contributed by atoms with van der Waals surface area (Å²) in [5, 5.41) is 0. The number of benzene rings is 1. The molecule has 1 aromatic carbocycles. The van der Waals surface area contributed by atoms with Gasteiger partial charge in [-0.05, 0) is 44.2 Å². The Morgan fingerprint density at radius 3 is 2.70 bits per heavy atom. The zero-order valence-electron chi connectivity index (χ0n) is 12.7. The number of hydrogen-bond donors (Lipinski definition) is 1. The maximum absolute atomic E-state index is 6.26. The van der Waals surface area contributed by atoms with Crippen molar-refractivity contribution in [3.05, 3.63) is 35.4 Å². The van der Waals surface area contributed by atoms with Crippen LogP contribution in [0.3, 0.4) is 0 Å². The number of aryl methyl sites for hydroxylation is 1. The number of nitrogens with two attached hydrogens (primary N) is 1. The number of rotatable bonds is 2. The highest BCUT2D eigenvalue weighted by Crippen LogP contribution is 2.37. The van der Waals surface area contributed by atoms with Gasteiger partial charge in [0.1, 0.15) is 0 Å². The average molecular weight is 274 g/mol. The lowest BCUT2D eigenvalue weighted by atomic mass is 9.74. The first-order valence-corrected chi connectivity index (χ1v) is 7.70. The molecule has 0 radical (unpaired) electrons. The van der Waals surface area contributed by atoms with Crippen LogP contribution in [0.1, 0.15) is 31.4 Å². The fourth-order valence-electron chi connectivity index (χ4n) is 4.04. The van der Waals surface area contributed by atoms with Gasteiger partial charge < -0.3 is 10.5 Å². The van der Waals surface area contributed by atoms with Gasteiger partial charge in [-0.15, -0.1) is 0 Å². The highest BCUT2D eigenvalue weighted by atomic mass is 16.5. The normalized spacial score (nSPS) is 29.9. The fraction of sp³-hybridized carbons (Fsp3) is 0.647. The van der Waals surface area contributed by atoms with Crippen molar-refractivity contribution in [2.45, 2.75) is 44.2 Å². The van der Waals surface area contributed by atoms with Crippen LogP contribution in [0, 0.1) is 0 Å². The molecule has 1 aromatic rings. The predicted octanol–water partition coefficient (Wildman–Crippen LogP) is 1.98. The van der Waals surface area contributed by atoms with E-state index in [1.165, 1.54) is 11.1 Å². The van der Waals surface area contributed by atoms with Crippen molar-refractivity contribution in [2.24, 2.45) is 5.73 Å². The van der Waals surface area contributed by atoms with E-state index in [1.54, 1.807) is 0 Å². The van der Waals surface area contributed by atoms with E-state index in [0.717, 1.165) is 45.6 Å². The summed E-state index contributed by atoms with van der Waals surface area (Å²) in [6, 6.07) is 8.83. The predicted molar refractivity (Wildman–Crippen MR) is 81.9 cm³/mol. The Labute approximate surface area is 122 Å². The van der Waals surface area contributed by atoms with Crippen LogP contribution in [0.2, 0.25) is 0 Å². The van der Waals surface area contributed by atoms with Gasteiger partial charge in [0, 0.05) is 24.2 Å². The molecule has 1 fully saturated rings. The first-order chi connectivity index (χ1) is 9.57. The minimum atomic E-state index is 0.0733. The summed E-state index contributed by atoms with van der Waals surface area (Å²) < 4.78 is 5.68. The quantitative estimate of drug-likeness (QED) is 0.896. The van der Waals surface area contributed by atoms with E-state index in [-0.39, 0.29) is 11.1 Å². The van der Waals surface area contributed by atoms with Gasteiger partial charge in [-0.2, -0.15) is 0 Å². The van der Waals surface area contributed by atoms with Crippen LogP contribution in [0.5, 0.6) is 0 Å². The number of hydrogen-bond acceptors (Lipinski definition) is 3. The van der Waals surface area contributed by atoms with Crippen molar-refractivity contribution in [3.8, 4) is 0 Å². The molecule has 0 aromatic heterocycles. The van der Waals surface area contributed by atoms with E-state index < -0.39 is 0 Å². The lowest BCUT2D eigenvalue weighted by Crippen LogP contribution is -2.67. The molecule has 1 atom stereocenters. The van der Waals surface area contributed by atoms with Crippen LogP contribution < -0.4 is 5.73 Å². The van der Waals surface area contributed by atoms with E-state index in [1.807, 2.05) is 0 Å². The molecule has 3 nitrogen and oxygen atoms in total. The second-order valence-corrected chi connectivity index (χ2v) is 6.89. The molecule has 110 valence electrons. The third kappa shape index (κ3) is 2.28. The summed E-state index contributed by atoms with van der Waals surface area (Å²) in [5.74, 6) is 0. The zero-order valence-corrected chi connectivity index (χ0v) is 12.7. The maximum atomic E-state index is 6.26. The summed E-state index contributed by atoms with van der Waals surface area (Å²) >= 11 is 0. The van der Waals surface area contributed by atoms with Crippen LogP contribution in [-0.2, 0) is 17.6 Å². The monoisotopic (exact) mass is 274 g/mol. The lowest BCUT2D eigenvalue weighted by Gasteiger charge is -2.55. The standard InChI is InChI=1S/C17H26N2O/c1-16(2)13-20-10-9-19(16)17(12-18)8-7-14-5-3-4-6-15(14)11-17/h3-6H,7-13,18H2,1-2H3. The number of ether oxygens (including phenoxy) is 1. The van der Waals surface area contributed by atoms with E-state index in [4.69, 9.17) is 10.5 Å². The SMILES string of the molecule is CC1(C)COCCN1C1(CN)CCc2ccccc2C1. The van der Waals surface area contributed by atoms with Crippen LogP contribution in [0.15, 0.2) is 24.3 Å². The Hall–Kier alpha value is -0.900. The molecule has 0 bridgehead atoms. The molecule has 1 aliphatic heterocycles. The van der Waals surface area contributed by atoms with Gasteiger partial charge in [0.25, 0.3) is 0 Å². The Kier molecular flexibility index (Phi) is 3.61. The third-order valence-electron chi connectivity index (χ3n) is 5.10. The molecule has 2 N–H and O–H groups in total. The third-order valence-corrected chi connectivity index (χ3v) is 5.10. The largest absolute Gasteiger partial charge is 0.378 e. The Bertz CT molecular complexity index is 486. The zero-order chi connectivity index (χ0) is 14.2. The molecule has 3 rings (SSSR count). The van der Waals surface area contributed by atoms with Gasteiger partial charge in [0.05, 0.1) is 13.2 Å². The average Bonchev–Trinajstić information content (AvgIpc) is 2.46. The minimum absolute atomic E-state index is 0.0733. The van der Waals surface area contributed by atoms with Crippen molar-refractivity contribution in [1.82, 2.24) is 4.90 Å². The molecule has 20 heavy (non-hydrogen) atoms. The van der Waals surface area contributed by atoms with Crippen LogP contribution in [0.4, 0.5) is 0 Å². The topological polar surface area (TPSA) is 38.5 Å². The summed E-state index contributed by atoms with van der Waals surface area (Å²) in [6.07, 6.45) is 3.37. The van der Waals surface area contributed by atoms with Crippen LogP contribution >= 0.6 is 0 Å². The summed E-state index contributed by atoms with van der Waals surface area (Å²) in [7, 11) is 0. The summed E-state index contributed by atoms with van der Waals surface area (Å²) in [4.78, 5) is 2.62. The first kappa shape index (κ1) is 14.1. The second kappa shape index (κ2) is 5.14. The maximum Gasteiger partial charge on any atom is 0.0645 e. The molecule has 2 aliphatic rings. The second-order valence-electron chi connectivity index (χ2n) is 6.89. The van der Waals surface area contributed by atoms with Crippen molar-refractivity contribution in [2.75, 3.05) is 26.3 Å². The lowest BCUT2D eigenvalue weighted by molar-refractivity contribution is -0.107. The van der Waals surface area contributed by atoms with Gasteiger partial charge in [-0.25, -0.2) is 0 Å². The molecule has 1 aliphatic carbocycles. The van der Waals surface area contributed by atoms with Gasteiger partial charge >= 0.3 is 0 Å².